The van der Waals surface area contributed by atoms with Gasteiger partial charge in [-0.2, -0.15) is 4.98 Å². The van der Waals surface area contributed by atoms with Gasteiger partial charge < -0.3 is 10.5 Å². The molecular formula is C15H20N4O4S2. The van der Waals surface area contributed by atoms with Crippen molar-refractivity contribution in [2.24, 2.45) is 0 Å². The Kier molecular flexibility index (Phi) is 5.68. The first-order valence-electron chi connectivity index (χ1n) is 8.03. The number of sulfonamides is 1. The predicted molar refractivity (Wildman–Crippen MR) is 96.7 cm³/mol. The van der Waals surface area contributed by atoms with Crippen molar-refractivity contribution >= 4 is 27.6 Å². The molecule has 25 heavy (non-hydrogen) atoms. The van der Waals surface area contributed by atoms with Gasteiger partial charge in [0.25, 0.3) is 0 Å². The third-order valence-corrected chi connectivity index (χ3v) is 7.28. The Labute approximate surface area is 150 Å². The van der Waals surface area contributed by atoms with Gasteiger partial charge in [0.2, 0.25) is 10.0 Å². The molecule has 2 atom stereocenters. The molecule has 3 N–H and O–H groups in total. The van der Waals surface area contributed by atoms with Gasteiger partial charge in [-0.15, -0.1) is 11.8 Å². The van der Waals surface area contributed by atoms with E-state index in [1.54, 1.807) is 22.5 Å². The van der Waals surface area contributed by atoms with Gasteiger partial charge >= 0.3 is 5.69 Å². The number of hydrogen-bond donors (Lipinski definition) is 2. The molecule has 2 fully saturated rings. The van der Waals surface area contributed by atoms with Gasteiger partial charge in [0.1, 0.15) is 11.1 Å². The Bertz CT molecular complexity index is 845. The SMILES string of the molecule is Nc1nc(=O)n([C@H]2CCCS2)cc1C#CCNS(=O)(=O)C1CCOC1. The average Bonchev–Trinajstić information content (AvgIpc) is 3.26. The molecular weight excluding hydrogens is 364 g/mol. The number of hydrogen-bond acceptors (Lipinski definition) is 7. The van der Waals surface area contributed by atoms with E-state index < -0.39 is 15.3 Å². The lowest BCUT2D eigenvalue weighted by molar-refractivity contribution is 0.198. The number of nitrogens with zero attached hydrogens (tertiary/aromatic N) is 2. The van der Waals surface area contributed by atoms with Crippen LogP contribution in [0.5, 0.6) is 0 Å². The van der Waals surface area contributed by atoms with Gasteiger partial charge in [-0.05, 0) is 25.0 Å². The van der Waals surface area contributed by atoms with Gasteiger partial charge in [0.15, 0.2) is 0 Å². The third kappa shape index (κ3) is 4.36. The van der Waals surface area contributed by atoms with Crippen molar-refractivity contribution in [3.05, 3.63) is 22.2 Å². The van der Waals surface area contributed by atoms with Crippen molar-refractivity contribution in [3.8, 4) is 11.8 Å². The van der Waals surface area contributed by atoms with Crippen LogP contribution < -0.4 is 16.1 Å². The summed E-state index contributed by atoms with van der Waals surface area (Å²) in [4.78, 5) is 15.8. The summed E-state index contributed by atoms with van der Waals surface area (Å²) in [7, 11) is -3.44. The van der Waals surface area contributed by atoms with E-state index in [9.17, 15) is 13.2 Å². The molecule has 10 heteroatoms. The van der Waals surface area contributed by atoms with E-state index in [1.165, 1.54) is 0 Å². The van der Waals surface area contributed by atoms with Crippen molar-refractivity contribution in [3.63, 3.8) is 0 Å². The molecule has 3 heterocycles. The predicted octanol–water partition coefficient (Wildman–Crippen LogP) is -0.0891. The quantitative estimate of drug-likeness (QED) is 0.697. The number of nitrogens with two attached hydrogens (primary N) is 1. The maximum atomic E-state index is 12.0. The maximum Gasteiger partial charge on any atom is 0.350 e. The Balaban J connectivity index is 1.69. The summed E-state index contributed by atoms with van der Waals surface area (Å²) in [5, 5.41) is -0.468. The summed E-state index contributed by atoms with van der Waals surface area (Å²) in [5.74, 6) is 6.61. The van der Waals surface area contributed by atoms with Gasteiger partial charge in [0, 0.05) is 12.8 Å². The largest absolute Gasteiger partial charge is 0.382 e. The second-order valence-corrected chi connectivity index (χ2v) is 9.18. The molecule has 0 aliphatic carbocycles. The van der Waals surface area contributed by atoms with Crippen LogP contribution in [0.4, 0.5) is 5.82 Å². The fourth-order valence-electron chi connectivity index (χ4n) is 2.72. The second kappa shape index (κ2) is 7.78. The molecule has 0 aromatic carbocycles. The lowest BCUT2D eigenvalue weighted by atomic mass is 10.3. The van der Waals surface area contributed by atoms with Crippen LogP contribution in [-0.2, 0) is 14.8 Å². The van der Waals surface area contributed by atoms with E-state index in [0.29, 0.717) is 18.6 Å². The standard InChI is InChI=1S/C15H20N4O4S2/c16-14-11(9-19(15(20)18-14)13-4-2-8-24-13)3-1-6-17-25(21,22)12-5-7-23-10-12/h9,12-13,17H,2,4-8,10H2,(H2,16,18,20)/t12?,13-/m1/s1. The zero-order chi connectivity index (χ0) is 17.9. The van der Waals surface area contributed by atoms with Gasteiger partial charge in [-0.25, -0.2) is 17.9 Å². The highest BCUT2D eigenvalue weighted by molar-refractivity contribution is 7.99. The van der Waals surface area contributed by atoms with Crippen molar-refractivity contribution in [2.45, 2.75) is 29.9 Å². The third-order valence-electron chi connectivity index (χ3n) is 4.11. The molecule has 0 bridgehead atoms. The number of anilines is 1. The van der Waals surface area contributed by atoms with Crippen LogP contribution in [0.2, 0.25) is 0 Å². The minimum atomic E-state index is -3.44. The first-order valence-corrected chi connectivity index (χ1v) is 10.6. The van der Waals surface area contributed by atoms with Gasteiger partial charge in [0.05, 0.1) is 24.1 Å². The topological polar surface area (TPSA) is 116 Å². The molecule has 1 unspecified atom stereocenters. The Morgan fingerprint density at radius 1 is 1.48 bits per heavy atom. The molecule has 0 saturated carbocycles. The minimum absolute atomic E-state index is 0.0322. The summed E-state index contributed by atoms with van der Waals surface area (Å²) < 4.78 is 33.2. The van der Waals surface area contributed by atoms with E-state index in [-0.39, 0.29) is 30.0 Å². The molecule has 3 rings (SSSR count). The summed E-state index contributed by atoms with van der Waals surface area (Å²) in [6.45, 7) is 0.638. The normalized spacial score (nSPS) is 23.4. The Hall–Kier alpha value is -1.54. The number of nitrogens with one attached hydrogen (secondary N) is 1. The fraction of sp³-hybridized carbons (Fsp3) is 0.600. The molecule has 0 amide bonds. The molecule has 1 aromatic rings. The van der Waals surface area contributed by atoms with Crippen LogP contribution in [0.25, 0.3) is 0 Å². The van der Waals surface area contributed by atoms with Crippen LogP contribution in [0.3, 0.4) is 0 Å². The summed E-state index contributed by atoms with van der Waals surface area (Å²) in [6.07, 6.45) is 4.07. The van der Waals surface area contributed by atoms with E-state index in [4.69, 9.17) is 10.5 Å². The lowest BCUT2D eigenvalue weighted by Gasteiger charge is -2.12. The highest BCUT2D eigenvalue weighted by Crippen LogP contribution is 2.34. The molecule has 8 nitrogen and oxygen atoms in total. The number of thioether (sulfide) groups is 1. The number of rotatable bonds is 4. The highest BCUT2D eigenvalue weighted by atomic mass is 32.2. The van der Waals surface area contributed by atoms with Crippen LogP contribution >= 0.6 is 11.8 Å². The second-order valence-electron chi connectivity index (χ2n) is 5.85. The van der Waals surface area contributed by atoms with Crippen molar-refractivity contribution in [1.82, 2.24) is 14.3 Å². The maximum absolute atomic E-state index is 12.0. The summed E-state index contributed by atoms with van der Waals surface area (Å²) in [6, 6.07) is 0. The minimum Gasteiger partial charge on any atom is -0.382 e. The van der Waals surface area contributed by atoms with Crippen LogP contribution in [0, 0.1) is 11.8 Å². The van der Waals surface area contributed by atoms with Gasteiger partial charge in [-0.3, -0.25) is 4.57 Å². The van der Waals surface area contributed by atoms with E-state index >= 15 is 0 Å². The smallest absolute Gasteiger partial charge is 0.350 e. The summed E-state index contributed by atoms with van der Waals surface area (Å²) >= 11 is 1.70. The van der Waals surface area contributed by atoms with Gasteiger partial charge in [-0.1, -0.05) is 11.8 Å². The average molecular weight is 384 g/mol. The monoisotopic (exact) mass is 384 g/mol. The molecule has 136 valence electrons. The van der Waals surface area contributed by atoms with Crippen LogP contribution in [-0.4, -0.2) is 48.7 Å². The van der Waals surface area contributed by atoms with Crippen molar-refractivity contribution in [2.75, 3.05) is 31.2 Å². The molecule has 0 spiro atoms. The van der Waals surface area contributed by atoms with E-state index in [0.717, 1.165) is 18.6 Å². The number of aromatic nitrogens is 2. The lowest BCUT2D eigenvalue weighted by Crippen LogP contribution is -2.34. The van der Waals surface area contributed by atoms with Crippen LogP contribution in [0.1, 0.15) is 30.2 Å². The molecule has 2 saturated heterocycles. The Morgan fingerprint density at radius 3 is 3.00 bits per heavy atom. The first-order chi connectivity index (χ1) is 12.0. The highest BCUT2D eigenvalue weighted by Gasteiger charge is 2.28. The van der Waals surface area contributed by atoms with Crippen molar-refractivity contribution in [1.29, 1.82) is 0 Å². The molecule has 2 aliphatic rings. The van der Waals surface area contributed by atoms with Crippen LogP contribution in [0.15, 0.2) is 11.0 Å². The van der Waals surface area contributed by atoms with Crippen molar-refractivity contribution < 1.29 is 13.2 Å². The Morgan fingerprint density at radius 2 is 2.32 bits per heavy atom. The first kappa shape index (κ1) is 18.3. The molecule has 2 aliphatic heterocycles. The van der Waals surface area contributed by atoms with E-state index in [1.807, 2.05) is 0 Å². The zero-order valence-corrected chi connectivity index (χ0v) is 15.2. The number of nitrogen functional groups attached to an aromatic ring is 1. The van der Waals surface area contributed by atoms with E-state index in [2.05, 4.69) is 21.5 Å². The summed E-state index contributed by atoms with van der Waals surface area (Å²) in [5.41, 5.74) is 5.81. The number of ether oxygens (including phenoxy) is 1. The fourth-order valence-corrected chi connectivity index (χ4v) is 5.16. The molecule has 1 aromatic heterocycles. The zero-order valence-electron chi connectivity index (χ0n) is 13.6. The molecule has 0 radical (unpaired) electrons.